The Morgan fingerprint density at radius 3 is 2.81 bits per heavy atom. The number of hydrogen-bond acceptors (Lipinski definition) is 4. The molecule has 2 rings (SSSR count). The second kappa shape index (κ2) is 6.33. The molecule has 2 N–H and O–H groups in total. The third-order valence-electron chi connectivity index (χ3n) is 3.29. The Bertz CT molecular complexity index is 654. The normalized spacial score (nSPS) is 18.9. The van der Waals surface area contributed by atoms with Gasteiger partial charge in [0, 0.05) is 11.8 Å². The summed E-state index contributed by atoms with van der Waals surface area (Å²) in [7, 11) is -3.84. The smallest absolute Gasteiger partial charge is 0.338 e. The molecule has 1 saturated heterocycles. The first-order valence-electron chi connectivity index (χ1n) is 6.46. The lowest BCUT2D eigenvalue weighted by Gasteiger charge is -2.12. The molecular weight excluding hydrogens is 317 g/mol. The lowest BCUT2D eigenvalue weighted by Crippen LogP contribution is -2.30. The molecule has 1 heterocycles. The molecule has 1 aliphatic heterocycles. The number of carbonyl (C=O) groups is 1. The summed E-state index contributed by atoms with van der Waals surface area (Å²) < 4.78 is 40.5. The number of benzene rings is 1. The molecule has 0 aliphatic carbocycles. The van der Waals surface area contributed by atoms with Crippen LogP contribution >= 0.6 is 11.8 Å². The van der Waals surface area contributed by atoms with Gasteiger partial charge in [0.05, 0.1) is 10.5 Å². The van der Waals surface area contributed by atoms with Crippen molar-refractivity contribution in [1.82, 2.24) is 4.72 Å². The molecule has 1 unspecified atom stereocenters. The van der Waals surface area contributed by atoms with Gasteiger partial charge in [-0.2, -0.15) is 11.8 Å². The molecule has 1 aromatic rings. The SMILES string of the molecule is Cc1cc(S(=O)(=O)NCC2CCCS2)cc(C(=O)O)c1F. The Balaban J connectivity index is 2.24. The molecule has 1 atom stereocenters. The number of carboxylic acids is 1. The van der Waals surface area contributed by atoms with E-state index in [9.17, 15) is 17.6 Å². The number of halogens is 1. The third-order valence-corrected chi connectivity index (χ3v) is 6.09. The van der Waals surface area contributed by atoms with Gasteiger partial charge in [0.25, 0.3) is 0 Å². The summed E-state index contributed by atoms with van der Waals surface area (Å²) >= 11 is 1.71. The Hall–Kier alpha value is -1.12. The van der Waals surface area contributed by atoms with E-state index in [4.69, 9.17) is 5.11 Å². The summed E-state index contributed by atoms with van der Waals surface area (Å²) in [6.45, 7) is 1.64. The maximum absolute atomic E-state index is 13.7. The van der Waals surface area contributed by atoms with Gasteiger partial charge >= 0.3 is 5.97 Å². The van der Waals surface area contributed by atoms with Crippen molar-refractivity contribution in [2.75, 3.05) is 12.3 Å². The van der Waals surface area contributed by atoms with Crippen molar-refractivity contribution < 1.29 is 22.7 Å². The lowest BCUT2D eigenvalue weighted by atomic mass is 10.1. The van der Waals surface area contributed by atoms with Gasteiger partial charge in [-0.1, -0.05) is 0 Å². The van der Waals surface area contributed by atoms with E-state index in [0.29, 0.717) is 6.54 Å². The van der Waals surface area contributed by atoms with E-state index in [1.807, 2.05) is 0 Å². The maximum atomic E-state index is 13.7. The quantitative estimate of drug-likeness (QED) is 0.861. The van der Waals surface area contributed by atoms with Crippen LogP contribution in [-0.4, -0.2) is 37.0 Å². The summed E-state index contributed by atoms with van der Waals surface area (Å²) in [5.74, 6) is -1.38. The van der Waals surface area contributed by atoms with Crippen LogP contribution in [0.4, 0.5) is 4.39 Å². The van der Waals surface area contributed by atoms with E-state index >= 15 is 0 Å². The van der Waals surface area contributed by atoms with Crippen molar-refractivity contribution in [1.29, 1.82) is 0 Å². The summed E-state index contributed by atoms with van der Waals surface area (Å²) in [6.07, 6.45) is 2.02. The van der Waals surface area contributed by atoms with Gasteiger partial charge in [0.15, 0.2) is 0 Å². The number of rotatable bonds is 5. The van der Waals surface area contributed by atoms with Crippen LogP contribution in [0.15, 0.2) is 17.0 Å². The standard InChI is InChI=1S/C13H16FNO4S2/c1-8-5-10(6-11(12(8)14)13(16)17)21(18,19)15-7-9-3-2-4-20-9/h5-6,9,15H,2-4,7H2,1H3,(H,16,17). The summed E-state index contributed by atoms with van der Waals surface area (Å²) in [5.41, 5.74) is -0.642. The number of aromatic carboxylic acids is 1. The molecule has 1 aromatic carbocycles. The number of thioether (sulfide) groups is 1. The van der Waals surface area contributed by atoms with Crippen LogP contribution in [0.2, 0.25) is 0 Å². The summed E-state index contributed by atoms with van der Waals surface area (Å²) in [4.78, 5) is 10.7. The monoisotopic (exact) mass is 333 g/mol. The first-order valence-corrected chi connectivity index (χ1v) is 8.99. The van der Waals surface area contributed by atoms with Crippen LogP contribution < -0.4 is 4.72 Å². The zero-order valence-corrected chi connectivity index (χ0v) is 13.1. The van der Waals surface area contributed by atoms with Crippen molar-refractivity contribution in [3.05, 3.63) is 29.1 Å². The Morgan fingerprint density at radius 2 is 2.24 bits per heavy atom. The molecule has 1 aliphatic rings. The maximum Gasteiger partial charge on any atom is 0.338 e. The molecule has 21 heavy (non-hydrogen) atoms. The van der Waals surface area contributed by atoms with E-state index in [2.05, 4.69) is 4.72 Å². The van der Waals surface area contributed by atoms with Gasteiger partial charge < -0.3 is 5.11 Å². The average Bonchev–Trinajstić information content (AvgIpc) is 2.92. The van der Waals surface area contributed by atoms with Gasteiger partial charge in [-0.15, -0.1) is 0 Å². The number of sulfonamides is 1. The third kappa shape index (κ3) is 3.75. The minimum absolute atomic E-state index is 0.00878. The highest BCUT2D eigenvalue weighted by atomic mass is 32.2. The fraction of sp³-hybridized carbons (Fsp3) is 0.462. The van der Waals surface area contributed by atoms with Crippen LogP contribution in [0.25, 0.3) is 0 Å². The van der Waals surface area contributed by atoms with Crippen LogP contribution in [0.5, 0.6) is 0 Å². The zero-order chi connectivity index (χ0) is 15.6. The van der Waals surface area contributed by atoms with Gasteiger partial charge in [-0.25, -0.2) is 22.3 Å². The Labute approximate surface area is 127 Å². The molecule has 0 bridgehead atoms. The van der Waals surface area contributed by atoms with E-state index in [-0.39, 0.29) is 15.7 Å². The Morgan fingerprint density at radius 1 is 1.52 bits per heavy atom. The number of nitrogens with one attached hydrogen (secondary N) is 1. The van der Waals surface area contributed by atoms with Crippen molar-refractivity contribution in [3.63, 3.8) is 0 Å². The lowest BCUT2D eigenvalue weighted by molar-refractivity contribution is 0.0691. The minimum Gasteiger partial charge on any atom is -0.478 e. The summed E-state index contributed by atoms with van der Waals surface area (Å²) in [5, 5.41) is 9.16. The molecule has 0 spiro atoms. The second-order valence-corrected chi connectivity index (χ2v) is 8.07. The highest BCUT2D eigenvalue weighted by Gasteiger charge is 2.23. The van der Waals surface area contributed by atoms with Gasteiger partial charge in [-0.3, -0.25) is 0 Å². The van der Waals surface area contributed by atoms with Crippen LogP contribution in [0.3, 0.4) is 0 Å². The molecule has 0 saturated carbocycles. The van der Waals surface area contributed by atoms with Crippen LogP contribution in [0.1, 0.15) is 28.8 Å². The first kappa shape index (κ1) is 16.3. The van der Waals surface area contributed by atoms with Crippen LogP contribution in [0, 0.1) is 12.7 Å². The molecular formula is C13H16FNO4S2. The Kier molecular flexibility index (Phi) is 4.90. The number of aryl methyl sites for hydroxylation is 1. The topological polar surface area (TPSA) is 83.5 Å². The van der Waals surface area contributed by atoms with Crippen LogP contribution in [-0.2, 0) is 10.0 Å². The highest BCUT2D eigenvalue weighted by molar-refractivity contribution is 8.00. The predicted molar refractivity (Wildman–Crippen MR) is 78.8 cm³/mol. The largest absolute Gasteiger partial charge is 0.478 e. The zero-order valence-electron chi connectivity index (χ0n) is 11.4. The fourth-order valence-electron chi connectivity index (χ4n) is 2.14. The molecule has 1 fully saturated rings. The minimum atomic E-state index is -3.84. The van der Waals surface area contributed by atoms with Crippen molar-refractivity contribution in [3.8, 4) is 0 Å². The number of hydrogen-bond donors (Lipinski definition) is 2. The fourth-order valence-corrected chi connectivity index (χ4v) is 4.64. The first-order chi connectivity index (χ1) is 9.81. The predicted octanol–water partition coefficient (Wildman–Crippen LogP) is 2.01. The van der Waals surface area contributed by atoms with Crippen molar-refractivity contribution in [2.24, 2.45) is 0 Å². The van der Waals surface area contributed by atoms with E-state index < -0.39 is 27.4 Å². The van der Waals surface area contributed by atoms with Crippen molar-refractivity contribution in [2.45, 2.75) is 29.9 Å². The second-order valence-electron chi connectivity index (χ2n) is 4.89. The molecule has 0 radical (unpaired) electrons. The average molecular weight is 333 g/mol. The molecule has 0 amide bonds. The van der Waals surface area contributed by atoms with Gasteiger partial charge in [0.1, 0.15) is 5.82 Å². The number of carboxylic acid groups (broad SMARTS) is 1. The summed E-state index contributed by atoms with van der Waals surface area (Å²) in [6, 6.07) is 2.00. The van der Waals surface area contributed by atoms with E-state index in [1.54, 1.807) is 11.8 Å². The van der Waals surface area contributed by atoms with Gasteiger partial charge in [0.2, 0.25) is 10.0 Å². The van der Waals surface area contributed by atoms with Gasteiger partial charge in [-0.05, 0) is 43.2 Å². The molecule has 5 nitrogen and oxygen atoms in total. The molecule has 0 aromatic heterocycles. The van der Waals surface area contributed by atoms with E-state index in [1.165, 1.54) is 6.92 Å². The molecule has 116 valence electrons. The van der Waals surface area contributed by atoms with E-state index in [0.717, 1.165) is 30.7 Å². The van der Waals surface area contributed by atoms with Crippen molar-refractivity contribution >= 4 is 27.8 Å². The molecule has 8 heteroatoms. The highest BCUT2D eigenvalue weighted by Crippen LogP contribution is 2.26.